The topological polar surface area (TPSA) is 116 Å². The van der Waals surface area contributed by atoms with Crippen LogP contribution >= 0.6 is 0 Å². The largest absolute Gasteiger partial charge is 0.369 e. The van der Waals surface area contributed by atoms with Gasteiger partial charge < -0.3 is 5.32 Å². The summed E-state index contributed by atoms with van der Waals surface area (Å²) < 4.78 is 24.5. The van der Waals surface area contributed by atoms with Crippen LogP contribution in [0.25, 0.3) is 16.7 Å². The van der Waals surface area contributed by atoms with E-state index in [1.807, 2.05) is 10.7 Å². The molecule has 154 valence electrons. The maximum absolute atomic E-state index is 11.4. The Hall–Kier alpha value is -3.30. The lowest BCUT2D eigenvalue weighted by Gasteiger charge is -2.09. The number of primary sulfonamides is 1. The zero-order valence-electron chi connectivity index (χ0n) is 16.7. The van der Waals surface area contributed by atoms with E-state index in [1.165, 1.54) is 24.0 Å². The third-order valence-corrected chi connectivity index (χ3v) is 5.83. The van der Waals surface area contributed by atoms with Gasteiger partial charge in [0.2, 0.25) is 10.0 Å². The van der Waals surface area contributed by atoms with Crippen LogP contribution in [0, 0.1) is 13.8 Å². The van der Waals surface area contributed by atoms with Crippen molar-refractivity contribution in [2.24, 2.45) is 5.14 Å². The summed E-state index contributed by atoms with van der Waals surface area (Å²) in [6, 6.07) is 12.8. The molecule has 4 rings (SSSR count). The Morgan fingerprint density at radius 1 is 1.07 bits per heavy atom. The predicted octanol–water partition coefficient (Wildman–Crippen LogP) is 2.73. The van der Waals surface area contributed by atoms with Crippen molar-refractivity contribution in [1.82, 2.24) is 19.7 Å². The molecule has 0 saturated carbocycles. The molecule has 9 heteroatoms. The molecule has 2 heterocycles. The van der Waals surface area contributed by atoms with Gasteiger partial charge in [0.1, 0.15) is 12.1 Å². The van der Waals surface area contributed by atoms with Gasteiger partial charge in [-0.1, -0.05) is 29.8 Å². The van der Waals surface area contributed by atoms with Gasteiger partial charge in [-0.25, -0.2) is 28.2 Å². The van der Waals surface area contributed by atoms with Crippen LogP contribution in [0.15, 0.2) is 59.9 Å². The van der Waals surface area contributed by atoms with Gasteiger partial charge in [-0.2, -0.15) is 5.10 Å². The first-order valence-electron chi connectivity index (χ1n) is 9.45. The molecule has 30 heavy (non-hydrogen) atoms. The van der Waals surface area contributed by atoms with E-state index in [0.717, 1.165) is 27.8 Å². The quantitative estimate of drug-likeness (QED) is 0.494. The Labute approximate surface area is 174 Å². The Balaban J connectivity index is 1.52. The normalized spacial score (nSPS) is 11.7. The molecule has 4 aromatic rings. The number of nitrogens with one attached hydrogen (secondary N) is 1. The average molecular weight is 423 g/mol. The van der Waals surface area contributed by atoms with Crippen LogP contribution in [0.1, 0.15) is 16.7 Å². The first-order valence-corrected chi connectivity index (χ1v) is 11.0. The van der Waals surface area contributed by atoms with Gasteiger partial charge in [0.05, 0.1) is 22.2 Å². The summed E-state index contributed by atoms with van der Waals surface area (Å²) in [4.78, 5) is 8.88. The van der Waals surface area contributed by atoms with E-state index in [1.54, 1.807) is 18.3 Å². The van der Waals surface area contributed by atoms with Crippen LogP contribution in [0.3, 0.4) is 0 Å². The molecule has 0 atom stereocenters. The number of rotatable bonds is 6. The maximum Gasteiger partial charge on any atom is 0.238 e. The van der Waals surface area contributed by atoms with Crippen LogP contribution < -0.4 is 10.5 Å². The zero-order valence-corrected chi connectivity index (χ0v) is 17.5. The van der Waals surface area contributed by atoms with Crippen molar-refractivity contribution < 1.29 is 8.42 Å². The highest BCUT2D eigenvalue weighted by Gasteiger charge is 2.12. The predicted molar refractivity (Wildman–Crippen MR) is 116 cm³/mol. The van der Waals surface area contributed by atoms with E-state index in [-0.39, 0.29) is 4.90 Å². The van der Waals surface area contributed by atoms with Gasteiger partial charge in [0.15, 0.2) is 5.65 Å². The number of aryl methyl sites for hydroxylation is 2. The molecule has 0 radical (unpaired) electrons. The lowest BCUT2D eigenvalue weighted by molar-refractivity contribution is 0.598. The van der Waals surface area contributed by atoms with Gasteiger partial charge in [-0.15, -0.1) is 0 Å². The first-order chi connectivity index (χ1) is 14.3. The molecule has 8 nitrogen and oxygen atoms in total. The number of aromatic nitrogens is 4. The van der Waals surface area contributed by atoms with E-state index in [4.69, 9.17) is 5.14 Å². The van der Waals surface area contributed by atoms with Crippen LogP contribution in [0.2, 0.25) is 0 Å². The summed E-state index contributed by atoms with van der Waals surface area (Å²) in [5.41, 5.74) is 5.02. The molecule has 0 aliphatic rings. The minimum Gasteiger partial charge on any atom is -0.369 e. The Morgan fingerprint density at radius 3 is 2.53 bits per heavy atom. The van der Waals surface area contributed by atoms with Gasteiger partial charge >= 0.3 is 0 Å². The standard InChI is InChI=1S/C21H22N6O2S/c1-14-3-8-19(15(2)11-14)27-21-18(12-26-27)20(24-13-25-21)23-10-9-16-4-6-17(7-5-16)30(22,28)29/h3-8,11-13H,9-10H2,1-2H3,(H2,22,28,29)(H,23,24,25). The fourth-order valence-electron chi connectivity index (χ4n) is 3.38. The number of hydrogen-bond donors (Lipinski definition) is 2. The zero-order chi connectivity index (χ0) is 21.3. The number of nitrogens with zero attached hydrogens (tertiary/aromatic N) is 4. The number of fused-ring (bicyclic) bond motifs is 1. The van der Waals surface area contributed by atoms with E-state index in [2.05, 4.69) is 46.4 Å². The fourth-order valence-corrected chi connectivity index (χ4v) is 3.89. The van der Waals surface area contributed by atoms with Gasteiger partial charge in [-0.05, 0) is 49.6 Å². The first kappa shape index (κ1) is 20.0. The highest BCUT2D eigenvalue weighted by Crippen LogP contribution is 2.23. The molecule has 2 aromatic carbocycles. The van der Waals surface area contributed by atoms with E-state index >= 15 is 0 Å². The highest BCUT2D eigenvalue weighted by molar-refractivity contribution is 7.89. The van der Waals surface area contributed by atoms with Crippen LogP contribution in [0.5, 0.6) is 0 Å². The van der Waals surface area contributed by atoms with Gasteiger partial charge in [0, 0.05) is 6.54 Å². The van der Waals surface area contributed by atoms with E-state index in [0.29, 0.717) is 18.8 Å². The third kappa shape index (κ3) is 4.03. The second-order valence-electron chi connectivity index (χ2n) is 7.17. The summed E-state index contributed by atoms with van der Waals surface area (Å²) in [6.07, 6.45) is 3.98. The van der Waals surface area contributed by atoms with Crippen LogP contribution in [0.4, 0.5) is 5.82 Å². The van der Waals surface area contributed by atoms with Crippen molar-refractivity contribution in [3.8, 4) is 5.69 Å². The molecular weight excluding hydrogens is 400 g/mol. The molecule has 0 unspecified atom stereocenters. The maximum atomic E-state index is 11.4. The van der Waals surface area contributed by atoms with E-state index in [9.17, 15) is 8.42 Å². The smallest absolute Gasteiger partial charge is 0.238 e. The number of benzene rings is 2. The average Bonchev–Trinajstić information content (AvgIpc) is 3.12. The monoisotopic (exact) mass is 422 g/mol. The van der Waals surface area contributed by atoms with Crippen molar-refractivity contribution in [3.05, 3.63) is 71.7 Å². The summed E-state index contributed by atoms with van der Waals surface area (Å²) in [7, 11) is -3.68. The number of anilines is 1. The molecule has 0 fully saturated rings. The highest BCUT2D eigenvalue weighted by atomic mass is 32.2. The molecule has 0 aliphatic carbocycles. The van der Waals surface area contributed by atoms with Gasteiger partial charge in [0.25, 0.3) is 0 Å². The second-order valence-corrected chi connectivity index (χ2v) is 8.73. The van der Waals surface area contributed by atoms with Crippen molar-refractivity contribution >= 4 is 26.9 Å². The SMILES string of the molecule is Cc1ccc(-n2ncc3c(NCCc4ccc(S(N)(=O)=O)cc4)ncnc32)c(C)c1. The number of sulfonamides is 1. The van der Waals surface area contributed by atoms with Crippen molar-refractivity contribution in [1.29, 1.82) is 0 Å². The summed E-state index contributed by atoms with van der Waals surface area (Å²) in [5.74, 6) is 0.706. The number of nitrogens with two attached hydrogens (primary N) is 1. The lowest BCUT2D eigenvalue weighted by Crippen LogP contribution is -2.12. The minimum atomic E-state index is -3.68. The van der Waals surface area contributed by atoms with Gasteiger partial charge in [-0.3, -0.25) is 0 Å². The van der Waals surface area contributed by atoms with Crippen molar-refractivity contribution in [2.45, 2.75) is 25.2 Å². The Kier molecular flexibility index (Phi) is 5.23. The number of hydrogen-bond acceptors (Lipinski definition) is 6. The molecule has 0 amide bonds. The van der Waals surface area contributed by atoms with Crippen molar-refractivity contribution in [3.63, 3.8) is 0 Å². The fraction of sp³-hybridized carbons (Fsp3) is 0.190. The second kappa shape index (κ2) is 7.85. The Bertz CT molecular complexity index is 1310. The van der Waals surface area contributed by atoms with E-state index < -0.39 is 10.0 Å². The summed E-state index contributed by atoms with van der Waals surface area (Å²) >= 11 is 0. The van der Waals surface area contributed by atoms with Crippen molar-refractivity contribution in [2.75, 3.05) is 11.9 Å². The molecule has 0 spiro atoms. The van der Waals surface area contributed by atoms with Crippen LogP contribution in [-0.4, -0.2) is 34.7 Å². The lowest BCUT2D eigenvalue weighted by atomic mass is 10.1. The summed E-state index contributed by atoms with van der Waals surface area (Å²) in [6.45, 7) is 4.73. The molecule has 0 saturated heterocycles. The molecule has 3 N–H and O–H groups in total. The van der Waals surface area contributed by atoms with Crippen LogP contribution in [-0.2, 0) is 16.4 Å². The molecule has 2 aromatic heterocycles. The summed E-state index contributed by atoms with van der Waals surface area (Å²) in [5, 5.41) is 13.8. The minimum absolute atomic E-state index is 0.107. The molecule has 0 aliphatic heterocycles. The third-order valence-electron chi connectivity index (χ3n) is 4.90. The Morgan fingerprint density at radius 2 is 1.83 bits per heavy atom. The molecular formula is C21H22N6O2S. The molecule has 0 bridgehead atoms.